The summed E-state index contributed by atoms with van der Waals surface area (Å²) in [4.78, 5) is 33.4. The van der Waals surface area contributed by atoms with Gasteiger partial charge in [-0.2, -0.15) is 0 Å². The Morgan fingerprint density at radius 1 is 1.06 bits per heavy atom. The molecule has 3 heterocycles. The summed E-state index contributed by atoms with van der Waals surface area (Å²) in [6.07, 6.45) is 2.64. The molecule has 0 aliphatic carbocycles. The lowest BCUT2D eigenvalue weighted by Crippen LogP contribution is -2.50. The van der Waals surface area contributed by atoms with Gasteiger partial charge in [0.1, 0.15) is 0 Å². The number of benzene rings is 1. The van der Waals surface area contributed by atoms with E-state index in [-0.39, 0.29) is 11.8 Å². The predicted octanol–water partition coefficient (Wildman–Crippen LogP) is 2.44. The smallest absolute Gasteiger partial charge is 0.287 e. The number of aromatic nitrogens is 1. The number of nitrogens with zero attached hydrogens (tertiary/aromatic N) is 3. The summed E-state index contributed by atoms with van der Waals surface area (Å²) in [5.74, 6) is 0.250. The average Bonchev–Trinajstić information content (AvgIpc) is 3.47. The number of hydrogen-bond acceptors (Lipinski definition) is 6. The fraction of sp³-hybridized carbons (Fsp3) is 0.348. The van der Waals surface area contributed by atoms with Gasteiger partial charge in [-0.3, -0.25) is 14.5 Å². The van der Waals surface area contributed by atoms with Crippen LogP contribution in [0.25, 0.3) is 0 Å². The van der Waals surface area contributed by atoms with E-state index in [1.807, 2.05) is 28.5 Å². The Kier molecular flexibility index (Phi) is 7.11. The van der Waals surface area contributed by atoms with E-state index in [4.69, 9.17) is 4.42 Å². The van der Waals surface area contributed by atoms with Crippen LogP contribution in [0.5, 0.6) is 0 Å². The van der Waals surface area contributed by atoms with Gasteiger partial charge in [0.05, 0.1) is 23.4 Å². The van der Waals surface area contributed by atoms with E-state index in [0.717, 1.165) is 36.8 Å². The molecule has 7 nitrogen and oxygen atoms in total. The van der Waals surface area contributed by atoms with Gasteiger partial charge in [-0.25, -0.2) is 4.98 Å². The normalized spacial score (nSPS) is 14.5. The van der Waals surface area contributed by atoms with Crippen LogP contribution in [0.2, 0.25) is 0 Å². The van der Waals surface area contributed by atoms with Crippen molar-refractivity contribution in [1.29, 1.82) is 0 Å². The maximum atomic E-state index is 12.7. The largest absolute Gasteiger partial charge is 0.459 e. The minimum Gasteiger partial charge on any atom is -0.459 e. The Balaban J connectivity index is 1.17. The summed E-state index contributed by atoms with van der Waals surface area (Å²) in [6, 6.07) is 13.6. The van der Waals surface area contributed by atoms with Crippen molar-refractivity contribution in [3.05, 3.63) is 76.1 Å². The van der Waals surface area contributed by atoms with Gasteiger partial charge in [-0.1, -0.05) is 30.3 Å². The summed E-state index contributed by atoms with van der Waals surface area (Å²) in [7, 11) is 0. The number of furan rings is 1. The molecule has 1 aliphatic rings. The molecule has 0 unspecified atom stereocenters. The Bertz CT molecular complexity index is 979. The van der Waals surface area contributed by atoms with E-state index < -0.39 is 0 Å². The van der Waals surface area contributed by atoms with Crippen molar-refractivity contribution in [2.75, 3.05) is 39.3 Å². The molecule has 0 atom stereocenters. The minimum atomic E-state index is -0.200. The molecule has 0 radical (unpaired) electrons. The Morgan fingerprint density at radius 2 is 1.87 bits per heavy atom. The summed E-state index contributed by atoms with van der Waals surface area (Å²) in [5, 5.41) is 5.89. The van der Waals surface area contributed by atoms with Crippen molar-refractivity contribution in [2.24, 2.45) is 0 Å². The summed E-state index contributed by atoms with van der Waals surface area (Å²) >= 11 is 1.61. The van der Waals surface area contributed by atoms with Crippen LogP contribution < -0.4 is 5.32 Å². The number of amides is 2. The van der Waals surface area contributed by atoms with Crippen molar-refractivity contribution >= 4 is 23.2 Å². The van der Waals surface area contributed by atoms with Crippen molar-refractivity contribution in [2.45, 2.75) is 12.8 Å². The fourth-order valence-corrected chi connectivity index (χ4v) is 4.42. The highest BCUT2D eigenvalue weighted by atomic mass is 32.1. The number of hydrogen-bond donors (Lipinski definition) is 1. The van der Waals surface area contributed by atoms with Gasteiger partial charge in [0.25, 0.3) is 5.91 Å². The lowest BCUT2D eigenvalue weighted by molar-refractivity contribution is -0.132. The van der Waals surface area contributed by atoms with Crippen molar-refractivity contribution < 1.29 is 14.0 Å². The molecule has 0 saturated carbocycles. The van der Waals surface area contributed by atoms with Crippen molar-refractivity contribution in [3.63, 3.8) is 0 Å². The van der Waals surface area contributed by atoms with E-state index in [1.165, 1.54) is 11.8 Å². The van der Waals surface area contributed by atoms with Crippen molar-refractivity contribution in [1.82, 2.24) is 20.1 Å². The molecule has 4 rings (SSSR count). The third-order valence-corrected chi connectivity index (χ3v) is 6.21. The van der Waals surface area contributed by atoms with Gasteiger partial charge in [-0.15, -0.1) is 11.3 Å². The van der Waals surface area contributed by atoms with Crippen LogP contribution in [0.3, 0.4) is 0 Å². The van der Waals surface area contributed by atoms with E-state index in [0.29, 0.717) is 31.8 Å². The Hall–Kier alpha value is -2.97. The number of carbonyl (C=O) groups is 2. The van der Waals surface area contributed by atoms with Gasteiger partial charge in [0.15, 0.2) is 5.76 Å². The maximum absolute atomic E-state index is 12.7. The molecule has 2 amide bonds. The molecule has 0 spiro atoms. The van der Waals surface area contributed by atoms with Gasteiger partial charge >= 0.3 is 0 Å². The van der Waals surface area contributed by atoms with Gasteiger partial charge < -0.3 is 14.6 Å². The third kappa shape index (κ3) is 6.02. The molecule has 8 heteroatoms. The first kappa shape index (κ1) is 21.3. The summed E-state index contributed by atoms with van der Waals surface area (Å²) in [6.45, 7) is 4.31. The highest BCUT2D eigenvalue weighted by Gasteiger charge is 2.22. The topological polar surface area (TPSA) is 78.7 Å². The van der Waals surface area contributed by atoms with Crippen LogP contribution in [0.4, 0.5) is 0 Å². The standard InChI is InChI=1S/C23H26N4O3S/c28-22(16-19-17-31-21(25-19)15-18-5-2-1-3-6-18)27-12-10-26(11-13-27)9-8-24-23(29)20-7-4-14-30-20/h1-7,14,17H,8-13,15-16H2,(H,24,29). The number of carbonyl (C=O) groups excluding carboxylic acids is 2. The second-order valence-electron chi connectivity index (χ2n) is 7.53. The first-order valence-electron chi connectivity index (χ1n) is 10.5. The number of thiazole rings is 1. The van der Waals surface area contributed by atoms with Crippen LogP contribution in [-0.4, -0.2) is 65.9 Å². The average molecular weight is 439 g/mol. The van der Waals surface area contributed by atoms with Crippen LogP contribution in [0, 0.1) is 0 Å². The second-order valence-corrected chi connectivity index (χ2v) is 8.47. The van der Waals surface area contributed by atoms with Gasteiger partial charge in [-0.05, 0) is 17.7 Å². The second kappa shape index (κ2) is 10.4. The predicted molar refractivity (Wildman–Crippen MR) is 119 cm³/mol. The Morgan fingerprint density at radius 3 is 2.61 bits per heavy atom. The van der Waals surface area contributed by atoms with E-state index in [1.54, 1.807) is 23.5 Å². The third-order valence-electron chi connectivity index (χ3n) is 5.31. The zero-order valence-corrected chi connectivity index (χ0v) is 18.1. The lowest BCUT2D eigenvalue weighted by atomic mass is 10.2. The molecular weight excluding hydrogens is 412 g/mol. The number of nitrogens with one attached hydrogen (secondary N) is 1. The first-order chi connectivity index (χ1) is 15.2. The maximum Gasteiger partial charge on any atom is 0.287 e. The highest BCUT2D eigenvalue weighted by molar-refractivity contribution is 7.09. The summed E-state index contributed by atoms with van der Waals surface area (Å²) in [5.41, 5.74) is 2.08. The van der Waals surface area contributed by atoms with E-state index in [9.17, 15) is 9.59 Å². The minimum absolute atomic E-state index is 0.127. The van der Waals surface area contributed by atoms with Crippen LogP contribution in [0.1, 0.15) is 26.8 Å². The zero-order valence-electron chi connectivity index (χ0n) is 17.3. The molecule has 1 fully saturated rings. The molecule has 1 saturated heterocycles. The number of rotatable bonds is 8. The molecule has 3 aromatic rings. The monoisotopic (exact) mass is 438 g/mol. The molecule has 1 aromatic carbocycles. The summed E-state index contributed by atoms with van der Waals surface area (Å²) < 4.78 is 5.08. The molecular formula is C23H26N4O3S. The van der Waals surface area contributed by atoms with Crippen LogP contribution in [0.15, 0.2) is 58.5 Å². The fourth-order valence-electron chi connectivity index (χ4n) is 3.59. The van der Waals surface area contributed by atoms with Gasteiger partial charge in [0.2, 0.25) is 5.91 Å². The zero-order chi connectivity index (χ0) is 21.5. The molecule has 0 bridgehead atoms. The van der Waals surface area contributed by atoms with Crippen LogP contribution in [-0.2, 0) is 17.6 Å². The molecule has 31 heavy (non-hydrogen) atoms. The van der Waals surface area contributed by atoms with E-state index in [2.05, 4.69) is 27.3 Å². The SMILES string of the molecule is O=C(NCCN1CCN(C(=O)Cc2csc(Cc3ccccc3)n2)CC1)c1ccco1. The van der Waals surface area contributed by atoms with Crippen LogP contribution >= 0.6 is 11.3 Å². The van der Waals surface area contributed by atoms with Gasteiger partial charge in [0, 0.05) is 51.1 Å². The van der Waals surface area contributed by atoms with E-state index >= 15 is 0 Å². The molecule has 1 aliphatic heterocycles. The first-order valence-corrected chi connectivity index (χ1v) is 11.3. The molecule has 162 valence electrons. The highest BCUT2D eigenvalue weighted by Crippen LogP contribution is 2.16. The quantitative estimate of drug-likeness (QED) is 0.585. The Labute approximate surface area is 185 Å². The van der Waals surface area contributed by atoms with Crippen molar-refractivity contribution in [3.8, 4) is 0 Å². The molecule has 2 aromatic heterocycles. The molecule has 1 N–H and O–H groups in total. The lowest BCUT2D eigenvalue weighted by Gasteiger charge is -2.34. The number of piperazine rings is 1.